The molecule has 2 heterocycles. The molecule has 15 heteroatoms. The summed E-state index contributed by atoms with van der Waals surface area (Å²) in [5.41, 5.74) is 1.87. The van der Waals surface area contributed by atoms with E-state index < -0.39 is 84.1 Å². The average Bonchev–Trinajstić information content (AvgIpc) is 3.38. The number of hydrogen-bond acceptors (Lipinski definition) is 14. The van der Waals surface area contributed by atoms with Crippen LogP contribution in [0.4, 0.5) is 0 Å². The normalized spacial score (nSPS) is 27.4. The number of amides is 1. The van der Waals surface area contributed by atoms with Crippen molar-refractivity contribution >= 4 is 29.2 Å². The maximum Gasteiger partial charge on any atom is 0.329 e. The molecular weight excluding hydrogens is 947 g/mol. The van der Waals surface area contributed by atoms with Gasteiger partial charge in [-0.15, -0.1) is 0 Å². The molecule has 4 rings (SSSR count). The summed E-state index contributed by atoms with van der Waals surface area (Å²) in [5, 5.41) is 44.9. The average molecular weight is 1040 g/mol. The SMILES string of the molecule is C=C/C=C/C=C(\C)C(C[C@@H]1CC[C@@H](C)[C@](O)(C(=O)C(=O)N2CCCCC2C(=O)O[C@@H](CC(=O)[C@H](C)/C=C(\C)[C@@H](O)[C@@H](OC)C(=O)[C@H](C)CC(C)C)[C@H](C)C[C@@H]2CC[C@@H](O)[C@H](OC)C2)O1)OC[C@@H](O)c1ccccc1. The van der Waals surface area contributed by atoms with Gasteiger partial charge in [-0.3, -0.25) is 19.2 Å². The quantitative estimate of drug-likeness (QED) is 0.0272. The fraction of sp³-hybridized carbons (Fsp3) is 0.678. The van der Waals surface area contributed by atoms with Gasteiger partial charge in [-0.05, 0) is 113 Å². The Bertz CT molecular complexity index is 2090. The molecule has 2 aliphatic heterocycles. The number of ether oxygens (including phenoxy) is 5. The van der Waals surface area contributed by atoms with E-state index in [1.807, 2.05) is 58.9 Å². The first kappa shape index (κ1) is 62.4. The number of likely N-dealkylation sites (tertiary alicyclic amines) is 1. The summed E-state index contributed by atoms with van der Waals surface area (Å²) in [6.07, 6.45) is 7.12. The third-order valence-electron chi connectivity index (χ3n) is 15.5. The Balaban J connectivity index is 1.55. The van der Waals surface area contributed by atoms with E-state index in [-0.39, 0.29) is 73.8 Å². The first-order valence-corrected chi connectivity index (χ1v) is 27.0. The minimum atomic E-state index is -2.52. The molecule has 1 aromatic rings. The minimum absolute atomic E-state index is 0.0361. The Morgan fingerprint density at radius 1 is 0.919 bits per heavy atom. The fourth-order valence-electron chi connectivity index (χ4n) is 10.8. The van der Waals surface area contributed by atoms with E-state index in [1.165, 1.54) is 12.0 Å². The van der Waals surface area contributed by atoms with E-state index in [1.54, 1.807) is 64.3 Å². The molecule has 4 N–H and O–H groups in total. The first-order chi connectivity index (χ1) is 35.1. The van der Waals surface area contributed by atoms with Crippen molar-refractivity contribution in [1.82, 2.24) is 4.90 Å². The number of methoxy groups -OCH3 is 2. The molecule has 15 atom stereocenters. The van der Waals surface area contributed by atoms with Gasteiger partial charge < -0.3 is 49.0 Å². The van der Waals surface area contributed by atoms with Gasteiger partial charge in [-0.25, -0.2) is 4.79 Å². The van der Waals surface area contributed by atoms with Crippen LogP contribution in [0.5, 0.6) is 0 Å². The summed E-state index contributed by atoms with van der Waals surface area (Å²) in [5.74, 6) is -7.96. The summed E-state index contributed by atoms with van der Waals surface area (Å²) >= 11 is 0. The maximum atomic E-state index is 14.5. The highest BCUT2D eigenvalue weighted by Gasteiger charge is 2.53. The lowest BCUT2D eigenvalue weighted by Crippen LogP contribution is -2.61. The van der Waals surface area contributed by atoms with E-state index in [0.29, 0.717) is 68.9 Å². The molecule has 0 aromatic heterocycles. The van der Waals surface area contributed by atoms with Crippen LogP contribution >= 0.6 is 0 Å². The van der Waals surface area contributed by atoms with Crippen LogP contribution in [0.25, 0.3) is 0 Å². The van der Waals surface area contributed by atoms with Crippen molar-refractivity contribution in [1.29, 1.82) is 0 Å². The number of allylic oxidation sites excluding steroid dienone is 5. The van der Waals surface area contributed by atoms with E-state index in [9.17, 15) is 44.4 Å². The van der Waals surface area contributed by atoms with Crippen LogP contribution < -0.4 is 0 Å². The number of ketones is 3. The third-order valence-corrected chi connectivity index (χ3v) is 15.5. The summed E-state index contributed by atoms with van der Waals surface area (Å²) in [6, 6.07) is 7.93. The van der Waals surface area contributed by atoms with Crippen LogP contribution in [-0.4, -0.2) is 136 Å². The Kier molecular flexibility index (Phi) is 25.2. The smallest absolute Gasteiger partial charge is 0.329 e. The van der Waals surface area contributed by atoms with Gasteiger partial charge in [0, 0.05) is 51.4 Å². The second kappa shape index (κ2) is 29.9. The number of carbonyl (C=O) groups is 5. The zero-order valence-corrected chi connectivity index (χ0v) is 45.9. The number of hydrogen-bond donors (Lipinski definition) is 4. The van der Waals surface area contributed by atoms with Crippen LogP contribution in [-0.2, 0) is 47.7 Å². The summed E-state index contributed by atoms with van der Waals surface area (Å²) in [4.78, 5) is 72.1. The number of benzene rings is 1. The number of nitrogens with zero attached hydrogens (tertiary/aromatic N) is 1. The van der Waals surface area contributed by atoms with E-state index in [0.717, 1.165) is 5.57 Å². The summed E-state index contributed by atoms with van der Waals surface area (Å²) < 4.78 is 29.9. The second-order valence-electron chi connectivity index (χ2n) is 21.9. The lowest BCUT2D eigenvalue weighted by molar-refractivity contribution is -0.266. The molecule has 15 nitrogen and oxygen atoms in total. The first-order valence-electron chi connectivity index (χ1n) is 27.0. The summed E-state index contributed by atoms with van der Waals surface area (Å²) in [6.45, 7) is 18.3. The Hall–Kier alpha value is -4.19. The van der Waals surface area contributed by atoms with Crippen LogP contribution in [0.2, 0.25) is 0 Å². The number of carbonyl (C=O) groups excluding carboxylic acids is 5. The minimum Gasteiger partial charge on any atom is -0.460 e. The molecule has 1 amide bonds. The van der Waals surface area contributed by atoms with Gasteiger partial charge in [-0.1, -0.05) is 109 Å². The molecule has 3 aliphatic rings. The number of esters is 1. The molecular formula is C59H89NO14. The van der Waals surface area contributed by atoms with Gasteiger partial charge >= 0.3 is 5.97 Å². The van der Waals surface area contributed by atoms with E-state index >= 15 is 0 Å². The monoisotopic (exact) mass is 1040 g/mol. The lowest BCUT2D eigenvalue weighted by atomic mass is 9.78. The van der Waals surface area contributed by atoms with Gasteiger partial charge in [0.15, 0.2) is 5.78 Å². The van der Waals surface area contributed by atoms with E-state index in [2.05, 4.69) is 6.58 Å². The fourth-order valence-corrected chi connectivity index (χ4v) is 10.8. The van der Waals surface area contributed by atoms with E-state index in [4.69, 9.17) is 23.7 Å². The molecule has 1 saturated carbocycles. The topological polar surface area (TPSA) is 216 Å². The number of piperidine rings is 1. The molecule has 2 saturated heterocycles. The van der Waals surface area contributed by atoms with Crippen molar-refractivity contribution < 1.29 is 68.1 Å². The largest absolute Gasteiger partial charge is 0.460 e. The van der Waals surface area contributed by atoms with Crippen molar-refractivity contribution in [2.45, 2.75) is 193 Å². The molecule has 2 unspecified atom stereocenters. The van der Waals surface area contributed by atoms with Crippen molar-refractivity contribution in [2.24, 2.45) is 35.5 Å². The lowest BCUT2D eigenvalue weighted by Gasteiger charge is -2.43. The molecule has 0 spiro atoms. The van der Waals surface area contributed by atoms with Gasteiger partial charge in [0.1, 0.15) is 36.2 Å². The van der Waals surface area contributed by atoms with Gasteiger partial charge in [-0.2, -0.15) is 0 Å². The van der Waals surface area contributed by atoms with Gasteiger partial charge in [0.05, 0.1) is 31.0 Å². The highest BCUT2D eigenvalue weighted by Crippen LogP contribution is 2.38. The highest BCUT2D eigenvalue weighted by atomic mass is 16.6. The summed E-state index contributed by atoms with van der Waals surface area (Å²) in [7, 11) is 2.93. The second-order valence-corrected chi connectivity index (χ2v) is 21.9. The predicted octanol–water partition coefficient (Wildman–Crippen LogP) is 7.92. The predicted molar refractivity (Wildman–Crippen MR) is 282 cm³/mol. The zero-order chi connectivity index (χ0) is 54.9. The molecule has 414 valence electrons. The standard InChI is InChI=1S/C59H89NO14/c1-12-13-15-20-37(4)50(72-35-49(63)44-21-16-14-17-22-44)33-45-26-24-42(9)59(69,74-45)56(66)57(67)60-28-19-18-23-46(60)58(68)73-51(39(6)31-43-25-27-47(61)52(32-43)70-10)34-48(62)38(5)30-41(8)54(65)55(71-11)53(64)40(7)29-36(2)3/h12-17,20-22,30,36,38-40,42-43,45-47,49-52,54-55,61,63,65,69H,1,18-19,23-29,31-35H2,2-11H3/b15-13+,37-20+,41-30+/t38-,39-,40-,42-,43+,45+,46?,47-,49-,50?,51+,52-,54-,55+,59-/m1/s1. The van der Waals surface area contributed by atoms with Crippen LogP contribution in [0.3, 0.4) is 0 Å². The molecule has 0 bridgehead atoms. The molecule has 0 radical (unpaired) electrons. The number of aliphatic hydroxyl groups is 4. The zero-order valence-electron chi connectivity index (χ0n) is 45.9. The third kappa shape index (κ3) is 17.4. The van der Waals surface area contributed by atoms with Gasteiger partial charge in [0.2, 0.25) is 5.79 Å². The molecule has 1 aliphatic carbocycles. The van der Waals surface area contributed by atoms with Crippen LogP contribution in [0, 0.1) is 35.5 Å². The molecule has 1 aromatic carbocycles. The Morgan fingerprint density at radius 2 is 1.62 bits per heavy atom. The van der Waals surface area contributed by atoms with Crippen molar-refractivity contribution in [2.75, 3.05) is 27.4 Å². The highest BCUT2D eigenvalue weighted by molar-refractivity contribution is 6.39. The van der Waals surface area contributed by atoms with Crippen LogP contribution in [0.1, 0.15) is 144 Å². The Labute approximate surface area is 440 Å². The maximum absolute atomic E-state index is 14.5. The Morgan fingerprint density at radius 3 is 2.27 bits per heavy atom. The molecule has 3 fully saturated rings. The van der Waals surface area contributed by atoms with Crippen molar-refractivity contribution in [3.63, 3.8) is 0 Å². The number of aliphatic hydroxyl groups excluding tert-OH is 3. The van der Waals surface area contributed by atoms with Crippen LogP contribution in [0.15, 0.2) is 78.4 Å². The molecule has 74 heavy (non-hydrogen) atoms. The van der Waals surface area contributed by atoms with Crippen molar-refractivity contribution in [3.8, 4) is 0 Å². The number of Topliss-reactive ketones (excluding diaryl/α,β-unsaturated/α-hetero) is 3. The van der Waals surface area contributed by atoms with Gasteiger partial charge in [0.25, 0.3) is 11.7 Å². The van der Waals surface area contributed by atoms with Crippen molar-refractivity contribution in [3.05, 3.63) is 84.0 Å². The number of rotatable bonds is 28.